The van der Waals surface area contributed by atoms with Crippen LogP contribution in [0, 0.1) is 11.3 Å². The molecule has 2 heterocycles. The van der Waals surface area contributed by atoms with Gasteiger partial charge in [-0.3, -0.25) is 5.10 Å². The van der Waals surface area contributed by atoms with Crippen molar-refractivity contribution in [3.05, 3.63) is 77.2 Å². The standard InChI is InChI=1S/C20H16N4O2/c1-25-14-9-7-12(8-10-14)16-15(11-21)19(22)26-20-17(16)18(23-24-20)13-5-3-2-4-6-13/h2-10,16H,22H2,1H3,(H,23,24)/t16-/m1/s1. The van der Waals surface area contributed by atoms with Gasteiger partial charge in [-0.25, -0.2) is 0 Å². The van der Waals surface area contributed by atoms with E-state index in [4.69, 9.17) is 15.2 Å². The fourth-order valence-corrected chi connectivity index (χ4v) is 3.20. The van der Waals surface area contributed by atoms with E-state index in [9.17, 15) is 5.26 Å². The zero-order valence-corrected chi connectivity index (χ0v) is 14.1. The normalized spacial score (nSPS) is 15.8. The number of allylic oxidation sites excluding steroid dienone is 1. The predicted octanol–water partition coefficient (Wildman–Crippen LogP) is 3.30. The summed E-state index contributed by atoms with van der Waals surface area (Å²) in [6, 6.07) is 19.6. The molecule has 1 aromatic heterocycles. The van der Waals surface area contributed by atoms with Gasteiger partial charge in [-0.15, -0.1) is 5.10 Å². The summed E-state index contributed by atoms with van der Waals surface area (Å²) in [5.41, 5.74) is 9.83. The maximum Gasteiger partial charge on any atom is 0.244 e. The number of hydrogen-bond donors (Lipinski definition) is 2. The van der Waals surface area contributed by atoms with Crippen molar-refractivity contribution < 1.29 is 9.47 Å². The molecule has 0 aliphatic carbocycles. The average Bonchev–Trinajstić information content (AvgIpc) is 3.11. The number of nitrogens with two attached hydrogens (primary N) is 1. The summed E-state index contributed by atoms with van der Waals surface area (Å²) < 4.78 is 10.8. The summed E-state index contributed by atoms with van der Waals surface area (Å²) in [6.45, 7) is 0. The Balaban J connectivity index is 1.92. The molecule has 0 amide bonds. The molecule has 0 unspecified atom stereocenters. The highest BCUT2D eigenvalue weighted by atomic mass is 16.5. The van der Waals surface area contributed by atoms with E-state index in [0.717, 1.165) is 28.1 Å². The van der Waals surface area contributed by atoms with Crippen molar-refractivity contribution in [2.45, 2.75) is 5.92 Å². The number of rotatable bonds is 3. The summed E-state index contributed by atoms with van der Waals surface area (Å²) in [5, 5.41) is 17.0. The summed E-state index contributed by atoms with van der Waals surface area (Å²) in [5.74, 6) is 0.837. The highest BCUT2D eigenvalue weighted by Crippen LogP contribution is 2.45. The molecule has 6 heteroatoms. The Kier molecular flexibility index (Phi) is 3.82. The number of H-pyrrole nitrogens is 1. The minimum absolute atomic E-state index is 0.0759. The Morgan fingerprint density at radius 3 is 2.54 bits per heavy atom. The second-order valence-electron chi connectivity index (χ2n) is 5.88. The summed E-state index contributed by atoms with van der Waals surface area (Å²) >= 11 is 0. The van der Waals surface area contributed by atoms with Gasteiger partial charge in [-0.05, 0) is 23.3 Å². The molecule has 1 aliphatic heterocycles. The van der Waals surface area contributed by atoms with E-state index in [2.05, 4.69) is 16.3 Å². The zero-order valence-electron chi connectivity index (χ0n) is 14.1. The lowest BCUT2D eigenvalue weighted by molar-refractivity contribution is 0.379. The van der Waals surface area contributed by atoms with E-state index in [0.29, 0.717) is 11.5 Å². The van der Waals surface area contributed by atoms with Gasteiger partial charge in [0, 0.05) is 0 Å². The molecule has 0 radical (unpaired) electrons. The number of hydrogen-bond acceptors (Lipinski definition) is 5. The van der Waals surface area contributed by atoms with Crippen LogP contribution in [0.3, 0.4) is 0 Å². The van der Waals surface area contributed by atoms with Crippen LogP contribution in [-0.2, 0) is 0 Å². The molecule has 1 atom stereocenters. The highest BCUT2D eigenvalue weighted by Gasteiger charge is 2.35. The quantitative estimate of drug-likeness (QED) is 0.760. The first-order chi connectivity index (χ1) is 12.7. The maximum atomic E-state index is 9.70. The third-order valence-electron chi connectivity index (χ3n) is 4.45. The number of aromatic amines is 1. The van der Waals surface area contributed by atoms with E-state index in [-0.39, 0.29) is 11.8 Å². The van der Waals surface area contributed by atoms with E-state index >= 15 is 0 Å². The number of benzene rings is 2. The van der Waals surface area contributed by atoms with Crippen LogP contribution in [0.15, 0.2) is 66.1 Å². The van der Waals surface area contributed by atoms with Gasteiger partial charge in [-0.1, -0.05) is 42.5 Å². The lowest BCUT2D eigenvalue weighted by Crippen LogP contribution is -2.20. The fraction of sp³-hybridized carbons (Fsp3) is 0.100. The van der Waals surface area contributed by atoms with Crippen molar-refractivity contribution in [2.24, 2.45) is 5.73 Å². The van der Waals surface area contributed by atoms with E-state index in [1.165, 1.54) is 0 Å². The van der Waals surface area contributed by atoms with Gasteiger partial charge < -0.3 is 15.2 Å². The second-order valence-corrected chi connectivity index (χ2v) is 5.88. The molecule has 0 fully saturated rings. The van der Waals surface area contributed by atoms with Gasteiger partial charge in [0.05, 0.1) is 24.3 Å². The molecule has 1 aliphatic rings. The monoisotopic (exact) mass is 344 g/mol. The van der Waals surface area contributed by atoms with Crippen LogP contribution in [0.5, 0.6) is 11.6 Å². The van der Waals surface area contributed by atoms with E-state index < -0.39 is 0 Å². The van der Waals surface area contributed by atoms with Crippen molar-refractivity contribution >= 4 is 0 Å². The number of nitrogens with one attached hydrogen (secondary N) is 1. The Morgan fingerprint density at radius 2 is 1.88 bits per heavy atom. The maximum absolute atomic E-state index is 9.70. The van der Waals surface area contributed by atoms with Gasteiger partial charge in [0.1, 0.15) is 17.4 Å². The smallest absolute Gasteiger partial charge is 0.244 e. The van der Waals surface area contributed by atoms with Crippen LogP contribution in [0.2, 0.25) is 0 Å². The third kappa shape index (κ3) is 2.47. The fourth-order valence-electron chi connectivity index (χ4n) is 3.20. The Morgan fingerprint density at radius 1 is 1.15 bits per heavy atom. The second kappa shape index (κ2) is 6.30. The molecule has 0 saturated heterocycles. The molecule has 2 aromatic carbocycles. The van der Waals surface area contributed by atoms with Crippen LogP contribution in [0.25, 0.3) is 11.3 Å². The molecular weight excluding hydrogens is 328 g/mol. The van der Waals surface area contributed by atoms with Gasteiger partial charge in [0.15, 0.2) is 0 Å². The molecular formula is C20H16N4O2. The van der Waals surface area contributed by atoms with Crippen LogP contribution >= 0.6 is 0 Å². The van der Waals surface area contributed by atoms with E-state index in [1.807, 2.05) is 54.6 Å². The van der Waals surface area contributed by atoms with Crippen molar-refractivity contribution in [3.8, 4) is 29.0 Å². The van der Waals surface area contributed by atoms with Gasteiger partial charge in [0.25, 0.3) is 0 Å². The van der Waals surface area contributed by atoms with Crippen LogP contribution < -0.4 is 15.2 Å². The number of methoxy groups -OCH3 is 1. The van der Waals surface area contributed by atoms with Crippen LogP contribution in [-0.4, -0.2) is 17.3 Å². The molecule has 26 heavy (non-hydrogen) atoms. The Bertz CT molecular complexity index is 1010. The predicted molar refractivity (Wildman–Crippen MR) is 96.3 cm³/mol. The number of fused-ring (bicyclic) bond motifs is 1. The van der Waals surface area contributed by atoms with Crippen molar-refractivity contribution in [1.82, 2.24) is 10.2 Å². The molecule has 0 spiro atoms. The first kappa shape index (κ1) is 15.8. The lowest BCUT2D eigenvalue weighted by Gasteiger charge is -2.24. The molecule has 4 rings (SSSR count). The van der Waals surface area contributed by atoms with E-state index in [1.54, 1.807) is 7.11 Å². The number of aromatic nitrogens is 2. The molecule has 3 N–H and O–H groups in total. The molecule has 128 valence electrons. The summed E-state index contributed by atoms with van der Waals surface area (Å²) in [7, 11) is 1.61. The molecule has 3 aromatic rings. The summed E-state index contributed by atoms with van der Waals surface area (Å²) in [6.07, 6.45) is 0. The molecule has 6 nitrogen and oxygen atoms in total. The molecule has 0 bridgehead atoms. The van der Waals surface area contributed by atoms with Gasteiger partial charge in [0.2, 0.25) is 11.8 Å². The highest BCUT2D eigenvalue weighted by molar-refractivity contribution is 5.70. The first-order valence-electron chi connectivity index (χ1n) is 8.08. The minimum atomic E-state index is -0.372. The topological polar surface area (TPSA) is 96.9 Å². The van der Waals surface area contributed by atoms with Crippen molar-refractivity contribution in [1.29, 1.82) is 5.26 Å². The zero-order chi connectivity index (χ0) is 18.1. The molecule has 0 saturated carbocycles. The Hall–Kier alpha value is -3.72. The lowest BCUT2D eigenvalue weighted by atomic mass is 9.83. The van der Waals surface area contributed by atoms with Crippen LogP contribution in [0.1, 0.15) is 17.0 Å². The SMILES string of the molecule is COc1ccc([C@@H]2C(C#N)=C(N)Oc3n[nH]c(-c4ccccc4)c32)cc1. The minimum Gasteiger partial charge on any atom is -0.497 e. The van der Waals surface area contributed by atoms with Crippen molar-refractivity contribution in [3.63, 3.8) is 0 Å². The van der Waals surface area contributed by atoms with Gasteiger partial charge in [-0.2, -0.15) is 5.26 Å². The van der Waals surface area contributed by atoms with Gasteiger partial charge >= 0.3 is 0 Å². The van der Waals surface area contributed by atoms with Crippen LogP contribution in [0.4, 0.5) is 0 Å². The number of nitrogens with zero attached hydrogens (tertiary/aromatic N) is 2. The average molecular weight is 344 g/mol. The number of ether oxygens (including phenoxy) is 2. The largest absolute Gasteiger partial charge is 0.497 e. The van der Waals surface area contributed by atoms with Crippen molar-refractivity contribution in [2.75, 3.05) is 7.11 Å². The summed E-state index contributed by atoms with van der Waals surface area (Å²) in [4.78, 5) is 0. The third-order valence-corrected chi connectivity index (χ3v) is 4.45. The number of nitriles is 1. The Labute approximate surface area is 150 Å². The first-order valence-corrected chi connectivity index (χ1v) is 8.08.